The van der Waals surface area contributed by atoms with E-state index in [4.69, 9.17) is 4.74 Å². The summed E-state index contributed by atoms with van der Waals surface area (Å²) in [6, 6.07) is 3.40. The van der Waals surface area contributed by atoms with Gasteiger partial charge in [0.05, 0.1) is 6.54 Å². The molecule has 1 aliphatic rings. The number of carbonyl (C=O) groups excluding carboxylic acids is 1. The van der Waals surface area contributed by atoms with E-state index in [1.807, 2.05) is 43.0 Å². The molecule has 3 rings (SSSR count). The summed E-state index contributed by atoms with van der Waals surface area (Å²) in [6.45, 7) is 3.08. The Hall–Kier alpha value is -2.64. The highest BCUT2D eigenvalue weighted by Gasteiger charge is 2.31. The molecule has 3 heterocycles. The van der Waals surface area contributed by atoms with Gasteiger partial charge in [-0.25, -0.2) is 14.6 Å². The van der Waals surface area contributed by atoms with Crippen molar-refractivity contribution in [2.75, 3.05) is 32.1 Å². The lowest BCUT2D eigenvalue weighted by atomic mass is 10.3. The Bertz CT molecular complexity index is 688. The number of carbonyl (C=O) groups is 1. The fourth-order valence-corrected chi connectivity index (χ4v) is 2.81. The minimum Gasteiger partial charge on any atom is -0.485 e. The first-order valence-electron chi connectivity index (χ1n) is 7.98. The van der Waals surface area contributed by atoms with Crippen LogP contribution in [-0.2, 0) is 4.79 Å². The number of pyridine rings is 1. The maximum absolute atomic E-state index is 12.6. The van der Waals surface area contributed by atoms with Gasteiger partial charge in [0.15, 0.2) is 11.6 Å². The van der Waals surface area contributed by atoms with Crippen LogP contribution in [0.4, 0.5) is 5.82 Å². The fraction of sp³-hybridized carbons (Fsp3) is 0.500. The third kappa shape index (κ3) is 3.32. The molecule has 1 amide bonds. The molecule has 8 nitrogen and oxygen atoms in total. The molecule has 0 aromatic carbocycles. The van der Waals surface area contributed by atoms with Crippen LogP contribution >= 0.6 is 0 Å². The molecule has 0 aliphatic carbocycles. The van der Waals surface area contributed by atoms with Crippen LogP contribution in [0, 0.1) is 0 Å². The normalized spacial score (nSPS) is 18.5. The average molecular weight is 330 g/mol. The molecule has 8 heteroatoms. The van der Waals surface area contributed by atoms with Gasteiger partial charge in [0.25, 0.3) is 0 Å². The maximum atomic E-state index is 12.6. The van der Waals surface area contributed by atoms with Crippen molar-refractivity contribution in [2.45, 2.75) is 25.5 Å². The number of aromatic nitrogens is 4. The van der Waals surface area contributed by atoms with E-state index in [1.165, 1.54) is 6.33 Å². The Morgan fingerprint density at radius 2 is 2.29 bits per heavy atom. The van der Waals surface area contributed by atoms with E-state index in [0.717, 1.165) is 18.0 Å². The Kier molecular flexibility index (Phi) is 4.64. The third-order valence-electron chi connectivity index (χ3n) is 4.12. The molecular formula is C16H22N6O2. The first-order chi connectivity index (χ1) is 11.6. The van der Waals surface area contributed by atoms with E-state index < -0.39 is 0 Å². The van der Waals surface area contributed by atoms with E-state index in [9.17, 15) is 4.79 Å². The highest BCUT2D eigenvalue weighted by molar-refractivity contribution is 5.80. The fourth-order valence-electron chi connectivity index (χ4n) is 2.81. The van der Waals surface area contributed by atoms with Gasteiger partial charge in [0, 0.05) is 33.3 Å². The van der Waals surface area contributed by atoms with Crippen molar-refractivity contribution in [3.05, 3.63) is 31.0 Å². The van der Waals surface area contributed by atoms with Gasteiger partial charge in [0.2, 0.25) is 5.91 Å². The van der Waals surface area contributed by atoms with Crippen LogP contribution in [0.25, 0.3) is 0 Å². The highest BCUT2D eigenvalue weighted by atomic mass is 16.5. The highest BCUT2D eigenvalue weighted by Crippen LogP contribution is 2.27. The average Bonchev–Trinajstić information content (AvgIpc) is 3.25. The second-order valence-corrected chi connectivity index (χ2v) is 6.08. The van der Waals surface area contributed by atoms with Crippen LogP contribution in [0.2, 0.25) is 0 Å². The molecule has 0 saturated carbocycles. The smallest absolute Gasteiger partial charge is 0.247 e. The topological polar surface area (TPSA) is 76.4 Å². The summed E-state index contributed by atoms with van der Waals surface area (Å²) in [5.41, 5.74) is 0. The minimum absolute atomic E-state index is 0.0280. The molecule has 0 N–H and O–H groups in total. The zero-order valence-electron chi connectivity index (χ0n) is 14.2. The summed E-state index contributed by atoms with van der Waals surface area (Å²) in [5.74, 6) is 1.56. The number of likely N-dealkylation sites (tertiary alicyclic amines) is 1. The van der Waals surface area contributed by atoms with Gasteiger partial charge in [0.1, 0.15) is 24.8 Å². The van der Waals surface area contributed by atoms with Crippen molar-refractivity contribution < 1.29 is 9.53 Å². The number of anilines is 1. The molecule has 1 saturated heterocycles. The molecule has 2 aromatic heterocycles. The zero-order valence-corrected chi connectivity index (χ0v) is 14.2. The van der Waals surface area contributed by atoms with Crippen molar-refractivity contribution in [3.63, 3.8) is 0 Å². The van der Waals surface area contributed by atoms with E-state index in [-0.39, 0.29) is 18.1 Å². The van der Waals surface area contributed by atoms with Gasteiger partial charge in [-0.05, 0) is 19.1 Å². The molecule has 1 aliphatic heterocycles. The Balaban J connectivity index is 1.63. The van der Waals surface area contributed by atoms with Gasteiger partial charge >= 0.3 is 0 Å². The number of amides is 1. The number of hydrogen-bond donors (Lipinski definition) is 0. The van der Waals surface area contributed by atoms with Crippen LogP contribution < -0.4 is 9.64 Å². The van der Waals surface area contributed by atoms with Gasteiger partial charge in [-0.2, -0.15) is 5.10 Å². The second kappa shape index (κ2) is 6.86. The van der Waals surface area contributed by atoms with E-state index in [2.05, 4.69) is 15.1 Å². The molecule has 2 atom stereocenters. The summed E-state index contributed by atoms with van der Waals surface area (Å²) in [6.07, 6.45) is 5.51. The van der Waals surface area contributed by atoms with Crippen molar-refractivity contribution in [2.24, 2.45) is 0 Å². The first-order valence-corrected chi connectivity index (χ1v) is 7.98. The lowest BCUT2D eigenvalue weighted by Gasteiger charge is -2.22. The summed E-state index contributed by atoms with van der Waals surface area (Å²) >= 11 is 0. The first kappa shape index (κ1) is 16.2. The van der Waals surface area contributed by atoms with E-state index >= 15 is 0 Å². The number of rotatable bonds is 5. The monoisotopic (exact) mass is 330 g/mol. The summed E-state index contributed by atoms with van der Waals surface area (Å²) in [7, 11) is 3.86. The van der Waals surface area contributed by atoms with Crippen LogP contribution in [-0.4, -0.2) is 63.8 Å². The molecule has 2 aromatic rings. The summed E-state index contributed by atoms with van der Waals surface area (Å²) < 4.78 is 7.66. The summed E-state index contributed by atoms with van der Waals surface area (Å²) in [5, 5.41) is 4.04. The van der Waals surface area contributed by atoms with E-state index in [1.54, 1.807) is 17.2 Å². The van der Waals surface area contributed by atoms with Crippen molar-refractivity contribution in [1.82, 2.24) is 24.6 Å². The molecule has 0 bridgehead atoms. The Labute approximate surface area is 141 Å². The van der Waals surface area contributed by atoms with E-state index in [0.29, 0.717) is 13.1 Å². The lowest BCUT2D eigenvalue weighted by molar-refractivity contribution is -0.133. The second-order valence-electron chi connectivity index (χ2n) is 6.08. The van der Waals surface area contributed by atoms with Crippen molar-refractivity contribution in [1.29, 1.82) is 0 Å². The summed E-state index contributed by atoms with van der Waals surface area (Å²) in [4.78, 5) is 24.5. The minimum atomic E-state index is -0.359. The van der Waals surface area contributed by atoms with Gasteiger partial charge in [-0.1, -0.05) is 0 Å². The lowest BCUT2D eigenvalue weighted by Crippen LogP contribution is -2.36. The van der Waals surface area contributed by atoms with Crippen molar-refractivity contribution >= 4 is 11.7 Å². The number of nitrogens with zero attached hydrogens (tertiary/aromatic N) is 6. The standard InChI is InChI=1S/C16H22N6O2/c1-12(22-11-17-10-19-22)16(23)21-8-6-13(9-21)24-14-5-4-7-18-15(14)20(2)3/h4-5,7,10-13H,6,8-9H2,1-3H3/t12-,13-/m1/s1. The predicted octanol–water partition coefficient (Wildman–Crippen LogP) is 0.980. The molecular weight excluding hydrogens is 308 g/mol. The number of ether oxygens (including phenoxy) is 1. The Morgan fingerprint density at radius 1 is 1.46 bits per heavy atom. The van der Waals surface area contributed by atoms with Crippen molar-refractivity contribution in [3.8, 4) is 5.75 Å². The Morgan fingerprint density at radius 3 is 3.00 bits per heavy atom. The molecule has 0 radical (unpaired) electrons. The van der Waals surface area contributed by atoms with Crippen LogP contribution in [0.1, 0.15) is 19.4 Å². The zero-order chi connectivity index (χ0) is 17.1. The molecule has 1 fully saturated rings. The van der Waals surface area contributed by atoms with Gasteiger partial charge < -0.3 is 14.5 Å². The molecule has 24 heavy (non-hydrogen) atoms. The molecule has 0 spiro atoms. The van der Waals surface area contributed by atoms with Crippen LogP contribution in [0.3, 0.4) is 0 Å². The van der Waals surface area contributed by atoms with Gasteiger partial charge in [-0.15, -0.1) is 0 Å². The third-order valence-corrected chi connectivity index (χ3v) is 4.12. The molecule has 0 unspecified atom stereocenters. The van der Waals surface area contributed by atoms with Crippen LogP contribution in [0.5, 0.6) is 5.75 Å². The quantitative estimate of drug-likeness (QED) is 0.813. The van der Waals surface area contributed by atoms with Crippen LogP contribution in [0.15, 0.2) is 31.0 Å². The maximum Gasteiger partial charge on any atom is 0.247 e. The SMILES string of the molecule is C[C@H](C(=O)N1CC[C@@H](Oc2cccnc2N(C)C)C1)n1cncn1. The van der Waals surface area contributed by atoms with Gasteiger partial charge in [-0.3, -0.25) is 4.79 Å². The predicted molar refractivity (Wildman–Crippen MR) is 88.9 cm³/mol. The number of hydrogen-bond acceptors (Lipinski definition) is 6. The largest absolute Gasteiger partial charge is 0.485 e. The molecule has 128 valence electrons.